The first-order chi connectivity index (χ1) is 14.4. The SMILES string of the molecule is COc1ccc(Cl)cc1C=C1CNC(=O)CN(C(=O)N[C@H](C)c2ccccc2)C1=O. The third kappa shape index (κ3) is 4.99. The van der Waals surface area contributed by atoms with Gasteiger partial charge in [-0.3, -0.25) is 14.5 Å². The van der Waals surface area contributed by atoms with Crippen molar-refractivity contribution >= 4 is 35.5 Å². The van der Waals surface area contributed by atoms with Crippen molar-refractivity contribution in [2.45, 2.75) is 13.0 Å². The number of rotatable bonds is 4. The molecule has 0 bridgehead atoms. The molecule has 1 atom stereocenters. The molecule has 3 rings (SSSR count). The minimum Gasteiger partial charge on any atom is -0.496 e. The van der Waals surface area contributed by atoms with Crippen molar-refractivity contribution in [3.05, 3.63) is 70.3 Å². The van der Waals surface area contributed by atoms with E-state index in [1.165, 1.54) is 7.11 Å². The molecule has 1 saturated heterocycles. The van der Waals surface area contributed by atoms with Gasteiger partial charge in [-0.05, 0) is 36.8 Å². The highest BCUT2D eigenvalue weighted by Crippen LogP contribution is 2.25. The zero-order chi connectivity index (χ0) is 21.7. The van der Waals surface area contributed by atoms with Gasteiger partial charge in [0.15, 0.2) is 0 Å². The molecule has 4 amide bonds. The zero-order valence-corrected chi connectivity index (χ0v) is 17.4. The second-order valence-electron chi connectivity index (χ2n) is 6.81. The molecule has 1 aliphatic rings. The Morgan fingerprint density at radius 1 is 1.23 bits per heavy atom. The molecular weight excluding hydrogens is 406 g/mol. The van der Waals surface area contributed by atoms with Gasteiger partial charge in [0.05, 0.1) is 13.2 Å². The van der Waals surface area contributed by atoms with Crippen molar-refractivity contribution < 1.29 is 19.1 Å². The standard InChI is InChI=1S/C22H22ClN3O4/c1-14(15-6-4-3-5-7-15)25-22(29)26-13-20(27)24-12-17(21(26)28)10-16-11-18(23)8-9-19(16)30-2/h3-11,14H,12-13H2,1-2H3,(H,24,27)(H,25,29)/t14-/m1/s1. The Bertz CT molecular complexity index is 991. The van der Waals surface area contributed by atoms with Crippen molar-refractivity contribution in [3.63, 3.8) is 0 Å². The van der Waals surface area contributed by atoms with Crippen LogP contribution in [0.2, 0.25) is 5.02 Å². The maximum atomic E-state index is 13.1. The van der Waals surface area contributed by atoms with E-state index in [0.717, 1.165) is 10.5 Å². The third-order valence-corrected chi connectivity index (χ3v) is 4.94. The smallest absolute Gasteiger partial charge is 0.325 e. The number of hydrogen-bond donors (Lipinski definition) is 2. The van der Waals surface area contributed by atoms with Crippen molar-refractivity contribution in [2.24, 2.45) is 0 Å². The topological polar surface area (TPSA) is 87.7 Å². The summed E-state index contributed by atoms with van der Waals surface area (Å²) < 4.78 is 5.31. The number of ether oxygens (including phenoxy) is 1. The lowest BCUT2D eigenvalue weighted by Gasteiger charge is -2.22. The Morgan fingerprint density at radius 3 is 2.67 bits per heavy atom. The molecule has 1 aliphatic heterocycles. The zero-order valence-electron chi connectivity index (χ0n) is 16.6. The number of nitrogens with zero attached hydrogens (tertiary/aromatic N) is 1. The number of nitrogens with one attached hydrogen (secondary N) is 2. The number of imide groups is 1. The van der Waals surface area contributed by atoms with Crippen molar-refractivity contribution in [1.29, 1.82) is 0 Å². The first-order valence-electron chi connectivity index (χ1n) is 9.37. The molecule has 0 radical (unpaired) electrons. The van der Waals surface area contributed by atoms with E-state index in [1.807, 2.05) is 37.3 Å². The number of carbonyl (C=O) groups excluding carboxylic acids is 3. The van der Waals surface area contributed by atoms with Gasteiger partial charge in [0.2, 0.25) is 5.91 Å². The van der Waals surface area contributed by atoms with Gasteiger partial charge in [-0.1, -0.05) is 41.9 Å². The second kappa shape index (κ2) is 9.45. The van der Waals surface area contributed by atoms with Crippen molar-refractivity contribution in [1.82, 2.24) is 15.5 Å². The molecule has 0 unspecified atom stereocenters. The van der Waals surface area contributed by atoms with E-state index in [0.29, 0.717) is 16.3 Å². The molecule has 2 aromatic carbocycles. The summed E-state index contributed by atoms with van der Waals surface area (Å²) in [5.41, 5.74) is 1.70. The van der Waals surface area contributed by atoms with Gasteiger partial charge < -0.3 is 15.4 Å². The van der Waals surface area contributed by atoms with Crippen LogP contribution in [0.1, 0.15) is 24.1 Å². The lowest BCUT2D eigenvalue weighted by molar-refractivity contribution is -0.128. The second-order valence-corrected chi connectivity index (χ2v) is 7.24. The van der Waals surface area contributed by atoms with E-state index >= 15 is 0 Å². The van der Waals surface area contributed by atoms with Gasteiger partial charge in [0.25, 0.3) is 5.91 Å². The molecule has 0 spiro atoms. The molecule has 1 fully saturated rings. The molecule has 2 aromatic rings. The summed E-state index contributed by atoms with van der Waals surface area (Å²) in [6.07, 6.45) is 1.57. The van der Waals surface area contributed by atoms with Crippen LogP contribution in [0.25, 0.3) is 6.08 Å². The number of carbonyl (C=O) groups is 3. The molecule has 2 N–H and O–H groups in total. The molecule has 0 aliphatic carbocycles. The molecule has 30 heavy (non-hydrogen) atoms. The highest BCUT2D eigenvalue weighted by molar-refractivity contribution is 6.30. The average molecular weight is 428 g/mol. The summed E-state index contributed by atoms with van der Waals surface area (Å²) in [4.78, 5) is 38.9. The van der Waals surface area contributed by atoms with Crippen LogP contribution in [-0.2, 0) is 9.59 Å². The highest BCUT2D eigenvalue weighted by Gasteiger charge is 2.31. The Kier molecular flexibility index (Phi) is 6.74. The summed E-state index contributed by atoms with van der Waals surface area (Å²) in [5.74, 6) is -0.468. The van der Waals surface area contributed by atoms with E-state index in [4.69, 9.17) is 16.3 Å². The Labute approximate surface area is 179 Å². The minimum atomic E-state index is -0.641. The minimum absolute atomic E-state index is 0.00858. The van der Waals surface area contributed by atoms with E-state index < -0.39 is 17.8 Å². The maximum Gasteiger partial charge on any atom is 0.325 e. The molecule has 1 heterocycles. The largest absolute Gasteiger partial charge is 0.496 e. The Morgan fingerprint density at radius 2 is 1.97 bits per heavy atom. The monoisotopic (exact) mass is 427 g/mol. The fourth-order valence-corrected chi connectivity index (χ4v) is 3.27. The molecule has 7 nitrogen and oxygen atoms in total. The number of methoxy groups -OCH3 is 1. The normalized spacial score (nSPS) is 16.6. The quantitative estimate of drug-likeness (QED) is 0.733. The maximum absolute atomic E-state index is 13.1. The predicted octanol–water partition coefficient (Wildman–Crippen LogP) is 3.16. The van der Waals surface area contributed by atoms with E-state index in [9.17, 15) is 14.4 Å². The first-order valence-corrected chi connectivity index (χ1v) is 9.75. The highest BCUT2D eigenvalue weighted by atomic mass is 35.5. The van der Waals surface area contributed by atoms with E-state index in [-0.39, 0.29) is 24.7 Å². The van der Waals surface area contributed by atoms with Crippen LogP contribution in [0.5, 0.6) is 5.75 Å². The fourth-order valence-electron chi connectivity index (χ4n) is 3.08. The number of urea groups is 1. The van der Waals surface area contributed by atoms with Crippen LogP contribution in [0.3, 0.4) is 0 Å². The van der Waals surface area contributed by atoms with Crippen LogP contribution >= 0.6 is 11.6 Å². The lowest BCUT2D eigenvalue weighted by atomic mass is 10.1. The van der Waals surface area contributed by atoms with Gasteiger partial charge in [0.1, 0.15) is 12.3 Å². The van der Waals surface area contributed by atoms with E-state index in [2.05, 4.69) is 10.6 Å². The Balaban J connectivity index is 1.86. The molecule has 0 aromatic heterocycles. The summed E-state index contributed by atoms with van der Waals surface area (Å²) in [7, 11) is 1.51. The lowest BCUT2D eigenvalue weighted by Crippen LogP contribution is -2.46. The van der Waals surface area contributed by atoms with Crippen molar-refractivity contribution in [2.75, 3.05) is 20.2 Å². The number of benzene rings is 2. The van der Waals surface area contributed by atoms with Gasteiger partial charge in [-0.15, -0.1) is 0 Å². The van der Waals surface area contributed by atoms with Gasteiger partial charge in [-0.25, -0.2) is 4.79 Å². The summed E-state index contributed by atoms with van der Waals surface area (Å²) in [6.45, 7) is 1.44. The Hall–Kier alpha value is -3.32. The number of hydrogen-bond acceptors (Lipinski definition) is 4. The summed E-state index contributed by atoms with van der Waals surface area (Å²) >= 11 is 6.06. The van der Waals surface area contributed by atoms with Crippen LogP contribution < -0.4 is 15.4 Å². The number of halogens is 1. The predicted molar refractivity (Wildman–Crippen MR) is 114 cm³/mol. The summed E-state index contributed by atoms with van der Waals surface area (Å²) in [6, 6.07) is 13.4. The fraction of sp³-hybridized carbons (Fsp3) is 0.227. The number of amides is 4. The molecule has 0 saturated carbocycles. The average Bonchev–Trinajstić information content (AvgIpc) is 2.88. The van der Waals surface area contributed by atoms with Gasteiger partial charge in [-0.2, -0.15) is 0 Å². The van der Waals surface area contributed by atoms with Crippen LogP contribution in [-0.4, -0.2) is 42.9 Å². The molecule has 8 heteroatoms. The molecule has 156 valence electrons. The first kappa shape index (κ1) is 21.4. The van der Waals surface area contributed by atoms with Gasteiger partial charge in [0, 0.05) is 22.7 Å². The van der Waals surface area contributed by atoms with E-state index in [1.54, 1.807) is 24.3 Å². The van der Waals surface area contributed by atoms with Crippen LogP contribution in [0.4, 0.5) is 4.79 Å². The van der Waals surface area contributed by atoms with Crippen molar-refractivity contribution in [3.8, 4) is 5.75 Å². The molecular formula is C22H22ClN3O4. The van der Waals surface area contributed by atoms with Gasteiger partial charge >= 0.3 is 6.03 Å². The third-order valence-electron chi connectivity index (χ3n) is 4.70. The van der Waals surface area contributed by atoms with Crippen LogP contribution in [0, 0.1) is 0 Å². The summed E-state index contributed by atoms with van der Waals surface area (Å²) in [5, 5.41) is 5.89. The van der Waals surface area contributed by atoms with Crippen LogP contribution in [0.15, 0.2) is 54.1 Å².